The molecule has 5 nitrogen and oxygen atoms in total. The SMILES string of the molecule is CCN(C(=O)c1cnc(-c2ccccc2)nc1)c1nc(C)cs1. The van der Waals surface area contributed by atoms with Gasteiger partial charge in [-0.05, 0) is 13.8 Å². The third kappa shape index (κ3) is 3.27. The van der Waals surface area contributed by atoms with Crippen LogP contribution in [0.3, 0.4) is 0 Å². The Bertz CT molecular complexity index is 799. The van der Waals surface area contributed by atoms with Gasteiger partial charge in [0.15, 0.2) is 11.0 Å². The minimum atomic E-state index is -0.138. The van der Waals surface area contributed by atoms with E-state index in [1.54, 1.807) is 17.3 Å². The van der Waals surface area contributed by atoms with E-state index in [9.17, 15) is 4.79 Å². The molecular formula is C17H16N4OS. The zero-order valence-electron chi connectivity index (χ0n) is 12.9. The molecule has 23 heavy (non-hydrogen) atoms. The molecule has 0 bridgehead atoms. The highest BCUT2D eigenvalue weighted by molar-refractivity contribution is 7.14. The van der Waals surface area contributed by atoms with Crippen molar-refractivity contribution in [3.63, 3.8) is 0 Å². The van der Waals surface area contributed by atoms with Gasteiger partial charge in [0.05, 0.1) is 11.3 Å². The number of benzene rings is 1. The molecule has 0 aliphatic carbocycles. The lowest BCUT2D eigenvalue weighted by molar-refractivity contribution is 0.0987. The number of anilines is 1. The highest BCUT2D eigenvalue weighted by atomic mass is 32.1. The van der Waals surface area contributed by atoms with Crippen LogP contribution in [0.4, 0.5) is 5.13 Å². The normalized spacial score (nSPS) is 10.5. The number of aromatic nitrogens is 3. The van der Waals surface area contributed by atoms with Crippen LogP contribution < -0.4 is 4.90 Å². The molecule has 0 saturated carbocycles. The van der Waals surface area contributed by atoms with Crippen LogP contribution in [-0.2, 0) is 0 Å². The first-order valence-electron chi connectivity index (χ1n) is 7.30. The van der Waals surface area contributed by atoms with E-state index >= 15 is 0 Å². The van der Waals surface area contributed by atoms with E-state index in [-0.39, 0.29) is 5.91 Å². The summed E-state index contributed by atoms with van der Waals surface area (Å²) in [5, 5.41) is 2.63. The maximum absolute atomic E-state index is 12.6. The molecule has 0 fully saturated rings. The maximum atomic E-state index is 12.6. The highest BCUT2D eigenvalue weighted by Crippen LogP contribution is 2.22. The number of amides is 1. The second-order valence-corrected chi connectivity index (χ2v) is 5.82. The molecule has 0 N–H and O–H groups in total. The van der Waals surface area contributed by atoms with Crippen molar-refractivity contribution in [3.8, 4) is 11.4 Å². The van der Waals surface area contributed by atoms with Crippen LogP contribution in [0.25, 0.3) is 11.4 Å². The number of hydrogen-bond acceptors (Lipinski definition) is 5. The summed E-state index contributed by atoms with van der Waals surface area (Å²) >= 11 is 1.46. The molecule has 1 amide bonds. The number of nitrogens with zero attached hydrogens (tertiary/aromatic N) is 4. The summed E-state index contributed by atoms with van der Waals surface area (Å²) < 4.78 is 0. The van der Waals surface area contributed by atoms with E-state index in [0.29, 0.717) is 23.1 Å². The molecule has 116 valence electrons. The van der Waals surface area contributed by atoms with Gasteiger partial charge in [-0.15, -0.1) is 11.3 Å². The topological polar surface area (TPSA) is 59.0 Å². The summed E-state index contributed by atoms with van der Waals surface area (Å²) in [4.78, 5) is 27.3. The van der Waals surface area contributed by atoms with Crippen LogP contribution >= 0.6 is 11.3 Å². The van der Waals surface area contributed by atoms with E-state index in [4.69, 9.17) is 0 Å². The molecule has 0 aliphatic heterocycles. The van der Waals surface area contributed by atoms with Gasteiger partial charge in [-0.1, -0.05) is 30.3 Å². The third-order valence-electron chi connectivity index (χ3n) is 3.33. The first-order valence-corrected chi connectivity index (χ1v) is 8.18. The Morgan fingerprint density at radius 1 is 1.17 bits per heavy atom. The summed E-state index contributed by atoms with van der Waals surface area (Å²) in [5.41, 5.74) is 2.29. The van der Waals surface area contributed by atoms with Crippen molar-refractivity contribution in [2.75, 3.05) is 11.4 Å². The number of rotatable bonds is 4. The molecule has 6 heteroatoms. The lowest BCUT2D eigenvalue weighted by Gasteiger charge is -2.17. The summed E-state index contributed by atoms with van der Waals surface area (Å²) in [6.45, 7) is 4.39. The van der Waals surface area contributed by atoms with Crippen LogP contribution in [0, 0.1) is 6.92 Å². The predicted molar refractivity (Wildman–Crippen MR) is 91.7 cm³/mol. The second-order valence-electron chi connectivity index (χ2n) is 4.98. The molecule has 0 radical (unpaired) electrons. The second kappa shape index (κ2) is 6.66. The van der Waals surface area contributed by atoms with Crippen LogP contribution in [0.1, 0.15) is 23.0 Å². The Kier molecular flexibility index (Phi) is 4.43. The molecule has 2 heterocycles. The average Bonchev–Trinajstić information content (AvgIpc) is 3.02. The Hall–Kier alpha value is -2.60. The van der Waals surface area contributed by atoms with Gasteiger partial charge in [-0.2, -0.15) is 0 Å². The molecule has 0 spiro atoms. The molecule has 2 aromatic heterocycles. The molecule has 0 atom stereocenters. The quantitative estimate of drug-likeness (QED) is 0.736. The van der Waals surface area contributed by atoms with Crippen LogP contribution in [0.2, 0.25) is 0 Å². The number of hydrogen-bond donors (Lipinski definition) is 0. The van der Waals surface area contributed by atoms with E-state index in [2.05, 4.69) is 15.0 Å². The number of thiazole rings is 1. The zero-order valence-corrected chi connectivity index (χ0v) is 13.7. The Labute approximate surface area is 138 Å². The minimum absolute atomic E-state index is 0.138. The van der Waals surface area contributed by atoms with Gasteiger partial charge in [0.25, 0.3) is 5.91 Å². The van der Waals surface area contributed by atoms with Crippen LogP contribution in [0.15, 0.2) is 48.1 Å². The van der Waals surface area contributed by atoms with Crippen molar-refractivity contribution in [1.82, 2.24) is 15.0 Å². The van der Waals surface area contributed by atoms with Gasteiger partial charge in [-0.3, -0.25) is 9.69 Å². The number of carbonyl (C=O) groups excluding carboxylic acids is 1. The maximum Gasteiger partial charge on any atom is 0.263 e. The molecule has 3 rings (SSSR count). The van der Waals surface area contributed by atoms with Crippen molar-refractivity contribution in [2.45, 2.75) is 13.8 Å². The molecule has 0 unspecified atom stereocenters. The fraction of sp³-hybridized carbons (Fsp3) is 0.176. The van der Waals surface area contributed by atoms with E-state index in [0.717, 1.165) is 11.3 Å². The van der Waals surface area contributed by atoms with Crippen molar-refractivity contribution in [3.05, 3.63) is 59.4 Å². The standard InChI is InChI=1S/C17H16N4OS/c1-3-21(17-20-12(2)11-23-17)16(22)14-9-18-15(19-10-14)13-7-5-4-6-8-13/h4-11H,3H2,1-2H3. The van der Waals surface area contributed by atoms with Crippen molar-refractivity contribution in [2.24, 2.45) is 0 Å². The largest absolute Gasteiger partial charge is 0.284 e. The first kappa shape index (κ1) is 15.3. The fourth-order valence-electron chi connectivity index (χ4n) is 2.16. The van der Waals surface area contributed by atoms with Gasteiger partial charge in [0, 0.05) is 29.9 Å². The Balaban J connectivity index is 1.85. The number of aryl methyl sites for hydroxylation is 1. The minimum Gasteiger partial charge on any atom is -0.284 e. The molecular weight excluding hydrogens is 308 g/mol. The zero-order chi connectivity index (χ0) is 16.2. The Morgan fingerprint density at radius 2 is 1.87 bits per heavy atom. The van der Waals surface area contributed by atoms with E-state index in [1.807, 2.05) is 49.6 Å². The van der Waals surface area contributed by atoms with E-state index < -0.39 is 0 Å². The summed E-state index contributed by atoms with van der Waals surface area (Å²) in [5.74, 6) is 0.469. The average molecular weight is 324 g/mol. The lowest BCUT2D eigenvalue weighted by atomic mass is 10.2. The third-order valence-corrected chi connectivity index (χ3v) is 4.31. The molecule has 0 aliphatic rings. The Morgan fingerprint density at radius 3 is 2.43 bits per heavy atom. The van der Waals surface area contributed by atoms with E-state index in [1.165, 1.54) is 11.3 Å². The predicted octanol–water partition coefficient (Wildman–Crippen LogP) is 3.58. The highest BCUT2D eigenvalue weighted by Gasteiger charge is 2.19. The van der Waals surface area contributed by atoms with Gasteiger partial charge in [0.2, 0.25) is 0 Å². The van der Waals surface area contributed by atoms with Gasteiger partial charge >= 0.3 is 0 Å². The van der Waals surface area contributed by atoms with Crippen molar-refractivity contribution in [1.29, 1.82) is 0 Å². The fourth-order valence-corrected chi connectivity index (χ4v) is 3.03. The first-order chi connectivity index (χ1) is 11.2. The van der Waals surface area contributed by atoms with Crippen LogP contribution in [-0.4, -0.2) is 27.4 Å². The summed E-state index contributed by atoms with van der Waals surface area (Å²) in [6, 6.07) is 9.68. The van der Waals surface area contributed by atoms with Gasteiger partial charge < -0.3 is 0 Å². The summed E-state index contributed by atoms with van der Waals surface area (Å²) in [7, 11) is 0. The van der Waals surface area contributed by atoms with Gasteiger partial charge in [0.1, 0.15) is 0 Å². The monoisotopic (exact) mass is 324 g/mol. The smallest absolute Gasteiger partial charge is 0.263 e. The van der Waals surface area contributed by atoms with Crippen molar-refractivity contribution < 1.29 is 4.79 Å². The lowest BCUT2D eigenvalue weighted by Crippen LogP contribution is -2.30. The molecule has 0 saturated heterocycles. The van der Waals surface area contributed by atoms with Gasteiger partial charge in [-0.25, -0.2) is 15.0 Å². The molecule has 3 aromatic rings. The summed E-state index contributed by atoms with van der Waals surface area (Å²) in [6.07, 6.45) is 3.14. The van der Waals surface area contributed by atoms with Crippen molar-refractivity contribution >= 4 is 22.4 Å². The van der Waals surface area contributed by atoms with Crippen LogP contribution in [0.5, 0.6) is 0 Å². The molecule has 1 aromatic carbocycles. The number of carbonyl (C=O) groups is 1.